The largest absolute Gasteiger partial charge is 0.416 e. The quantitative estimate of drug-likeness (QED) is 0.590. The van der Waals surface area contributed by atoms with Crippen molar-refractivity contribution in [2.45, 2.75) is 50.2 Å². The Morgan fingerprint density at radius 3 is 2.37 bits per heavy atom. The molecule has 1 aliphatic carbocycles. The van der Waals surface area contributed by atoms with Crippen LogP contribution in [0.2, 0.25) is 0 Å². The van der Waals surface area contributed by atoms with Crippen molar-refractivity contribution in [2.75, 3.05) is 11.6 Å². The van der Waals surface area contributed by atoms with Crippen LogP contribution in [0.5, 0.6) is 0 Å². The van der Waals surface area contributed by atoms with Gasteiger partial charge < -0.3 is 0 Å². The van der Waals surface area contributed by atoms with Gasteiger partial charge in [0.1, 0.15) is 0 Å². The van der Waals surface area contributed by atoms with E-state index in [1.165, 1.54) is 12.1 Å². The fraction of sp³-hybridized carbons (Fsp3) is 0.375. The summed E-state index contributed by atoms with van der Waals surface area (Å²) in [7, 11) is 0. The molecule has 1 saturated heterocycles. The summed E-state index contributed by atoms with van der Waals surface area (Å²) < 4.78 is 40.7. The topological polar surface area (TPSA) is 23.6 Å². The lowest BCUT2D eigenvalue weighted by Gasteiger charge is -2.46. The standard InChI is InChI=1S/C24H23F3N2O/c25-24(26,27)18-9-10-21-19(15-18)20(17-7-3-1-4-8-17)16-23(12-5-2-6-13-23)29-22(30)11-14-28(21)29/h1,3-4,7-10,15-16H,2,5-6,11-14H2. The average Bonchev–Trinajstić information content (AvgIpc) is 3.09. The lowest BCUT2D eigenvalue weighted by molar-refractivity contribution is -0.137. The number of amides is 1. The van der Waals surface area contributed by atoms with Crippen molar-refractivity contribution in [3.05, 3.63) is 71.3 Å². The smallest absolute Gasteiger partial charge is 0.281 e. The fourth-order valence-corrected chi connectivity index (χ4v) is 5.20. The van der Waals surface area contributed by atoms with Crippen LogP contribution in [0.15, 0.2) is 54.6 Å². The maximum atomic E-state index is 13.6. The summed E-state index contributed by atoms with van der Waals surface area (Å²) in [5.74, 6) is 0.0494. The lowest BCUT2D eigenvalue weighted by Crippen LogP contribution is -2.55. The van der Waals surface area contributed by atoms with Gasteiger partial charge in [-0.05, 0) is 48.3 Å². The Morgan fingerprint density at radius 2 is 1.67 bits per heavy atom. The van der Waals surface area contributed by atoms with Crippen LogP contribution in [0.3, 0.4) is 0 Å². The minimum absolute atomic E-state index is 0.0494. The van der Waals surface area contributed by atoms with Gasteiger partial charge >= 0.3 is 6.18 Å². The molecule has 30 heavy (non-hydrogen) atoms. The first kappa shape index (κ1) is 19.2. The van der Waals surface area contributed by atoms with Crippen molar-refractivity contribution in [3.8, 4) is 0 Å². The van der Waals surface area contributed by atoms with Gasteiger partial charge in [0.25, 0.3) is 0 Å². The Kier molecular flexibility index (Phi) is 4.42. The van der Waals surface area contributed by atoms with Gasteiger partial charge in [-0.2, -0.15) is 13.2 Å². The number of rotatable bonds is 1. The summed E-state index contributed by atoms with van der Waals surface area (Å²) in [5, 5.41) is 3.78. The minimum Gasteiger partial charge on any atom is -0.281 e. The van der Waals surface area contributed by atoms with E-state index < -0.39 is 17.3 Å². The molecule has 1 saturated carbocycles. The maximum absolute atomic E-state index is 13.6. The highest BCUT2D eigenvalue weighted by Crippen LogP contribution is 2.48. The van der Waals surface area contributed by atoms with Crippen molar-refractivity contribution in [3.63, 3.8) is 0 Å². The Labute approximate surface area is 173 Å². The third kappa shape index (κ3) is 3.01. The highest BCUT2D eigenvalue weighted by Gasteiger charge is 2.48. The van der Waals surface area contributed by atoms with E-state index in [4.69, 9.17) is 0 Å². The highest BCUT2D eigenvalue weighted by atomic mass is 19.4. The summed E-state index contributed by atoms with van der Waals surface area (Å²) in [6.07, 6.45) is 2.81. The molecule has 2 fully saturated rings. The first-order valence-electron chi connectivity index (χ1n) is 10.5. The second kappa shape index (κ2) is 6.89. The first-order valence-corrected chi connectivity index (χ1v) is 10.5. The van der Waals surface area contributed by atoms with Gasteiger partial charge in [-0.15, -0.1) is 0 Å². The van der Waals surface area contributed by atoms with Crippen molar-refractivity contribution >= 4 is 17.2 Å². The number of benzene rings is 2. The summed E-state index contributed by atoms with van der Waals surface area (Å²) in [6, 6.07) is 13.5. The van der Waals surface area contributed by atoms with Gasteiger partial charge in [0, 0.05) is 18.5 Å². The molecule has 2 aliphatic heterocycles. The molecule has 2 aromatic rings. The van der Waals surface area contributed by atoms with Crippen molar-refractivity contribution in [1.82, 2.24) is 5.01 Å². The second-order valence-corrected chi connectivity index (χ2v) is 8.40. The van der Waals surface area contributed by atoms with Crippen LogP contribution in [0.4, 0.5) is 18.9 Å². The number of carbonyl (C=O) groups is 1. The van der Waals surface area contributed by atoms with Crippen LogP contribution in [-0.2, 0) is 11.0 Å². The van der Waals surface area contributed by atoms with E-state index >= 15 is 0 Å². The maximum Gasteiger partial charge on any atom is 0.416 e. The van der Waals surface area contributed by atoms with Crippen LogP contribution in [0, 0.1) is 0 Å². The Balaban J connectivity index is 1.79. The number of halogens is 3. The second-order valence-electron chi connectivity index (χ2n) is 8.40. The molecule has 1 spiro atoms. The predicted molar refractivity (Wildman–Crippen MR) is 110 cm³/mol. The van der Waals surface area contributed by atoms with Gasteiger partial charge in [-0.3, -0.25) is 9.80 Å². The van der Waals surface area contributed by atoms with Crippen LogP contribution >= 0.6 is 0 Å². The summed E-state index contributed by atoms with van der Waals surface area (Å²) in [6.45, 7) is 0.495. The van der Waals surface area contributed by atoms with Gasteiger partial charge in [0.2, 0.25) is 5.91 Å². The molecule has 2 aromatic carbocycles. The molecule has 1 amide bonds. The first-order chi connectivity index (χ1) is 14.4. The molecule has 2 heterocycles. The minimum atomic E-state index is -4.42. The molecule has 5 rings (SSSR count). The van der Waals surface area contributed by atoms with E-state index in [0.717, 1.165) is 49.3 Å². The summed E-state index contributed by atoms with van der Waals surface area (Å²) in [4.78, 5) is 13.0. The van der Waals surface area contributed by atoms with Gasteiger partial charge in [0.05, 0.1) is 16.8 Å². The molecule has 0 atom stereocenters. The van der Waals surface area contributed by atoms with Crippen molar-refractivity contribution in [2.24, 2.45) is 0 Å². The number of carbonyl (C=O) groups excluding carboxylic acids is 1. The molecule has 0 bridgehead atoms. The van der Waals surface area contributed by atoms with E-state index in [-0.39, 0.29) is 5.91 Å². The number of hydrogen-bond donors (Lipinski definition) is 0. The number of hydrogen-bond acceptors (Lipinski definition) is 2. The number of anilines is 1. The average molecular weight is 412 g/mol. The Morgan fingerprint density at radius 1 is 0.933 bits per heavy atom. The molecule has 6 heteroatoms. The SMILES string of the molecule is O=C1CCN2c3ccc(C(F)(F)F)cc3C(c3ccccc3)=CC3(CCCCC3)N12. The molecular weight excluding hydrogens is 389 g/mol. The molecule has 3 aliphatic rings. The normalized spacial score (nSPS) is 20.6. The predicted octanol–water partition coefficient (Wildman–Crippen LogP) is 5.81. The molecular formula is C24H23F3N2O. The fourth-order valence-electron chi connectivity index (χ4n) is 5.20. The molecule has 0 radical (unpaired) electrons. The number of fused-ring (bicyclic) bond motifs is 4. The summed E-state index contributed by atoms with van der Waals surface area (Å²) in [5.41, 5.74) is 1.71. The van der Waals surface area contributed by atoms with Gasteiger partial charge in [0.15, 0.2) is 0 Å². The molecule has 0 N–H and O–H groups in total. The van der Waals surface area contributed by atoms with E-state index in [1.807, 2.05) is 40.3 Å². The zero-order chi connectivity index (χ0) is 20.9. The van der Waals surface area contributed by atoms with Crippen molar-refractivity contribution in [1.29, 1.82) is 0 Å². The van der Waals surface area contributed by atoms with E-state index in [0.29, 0.717) is 24.2 Å². The molecule has 156 valence electrons. The third-order valence-electron chi connectivity index (χ3n) is 6.55. The van der Waals surface area contributed by atoms with E-state index in [1.54, 1.807) is 0 Å². The van der Waals surface area contributed by atoms with Gasteiger partial charge in [-0.25, -0.2) is 5.01 Å². The Bertz CT molecular complexity index is 1010. The van der Waals surface area contributed by atoms with Gasteiger partial charge in [-0.1, -0.05) is 49.6 Å². The lowest BCUT2D eigenvalue weighted by atomic mass is 9.78. The number of hydrazine groups is 1. The van der Waals surface area contributed by atoms with Crippen LogP contribution in [0.25, 0.3) is 5.57 Å². The zero-order valence-corrected chi connectivity index (χ0v) is 16.6. The van der Waals surface area contributed by atoms with Crippen LogP contribution < -0.4 is 5.01 Å². The number of alkyl halides is 3. The van der Waals surface area contributed by atoms with Crippen molar-refractivity contribution < 1.29 is 18.0 Å². The van der Waals surface area contributed by atoms with E-state index in [2.05, 4.69) is 6.08 Å². The third-order valence-corrected chi connectivity index (χ3v) is 6.55. The van der Waals surface area contributed by atoms with Crippen LogP contribution in [0.1, 0.15) is 55.2 Å². The molecule has 3 nitrogen and oxygen atoms in total. The summed E-state index contributed by atoms with van der Waals surface area (Å²) >= 11 is 0. The zero-order valence-electron chi connectivity index (χ0n) is 16.6. The highest BCUT2D eigenvalue weighted by molar-refractivity contribution is 5.92. The molecule has 0 unspecified atom stereocenters. The number of nitrogens with zero attached hydrogens (tertiary/aromatic N) is 2. The van der Waals surface area contributed by atoms with Crippen LogP contribution in [-0.4, -0.2) is 23.0 Å². The molecule has 0 aromatic heterocycles. The Hall–Kier alpha value is -2.76. The monoisotopic (exact) mass is 412 g/mol. The van der Waals surface area contributed by atoms with E-state index in [9.17, 15) is 18.0 Å².